The lowest BCUT2D eigenvalue weighted by Crippen LogP contribution is -2.37. The first-order chi connectivity index (χ1) is 8.15. The van der Waals surface area contributed by atoms with Crippen molar-refractivity contribution in [3.8, 4) is 0 Å². The van der Waals surface area contributed by atoms with E-state index in [9.17, 15) is 9.59 Å². The normalized spacial score (nSPS) is 26.5. The van der Waals surface area contributed by atoms with Gasteiger partial charge in [0.25, 0.3) is 5.91 Å². The fourth-order valence-corrected chi connectivity index (χ4v) is 2.88. The van der Waals surface area contributed by atoms with Crippen LogP contribution in [-0.2, 0) is 0 Å². The van der Waals surface area contributed by atoms with Crippen LogP contribution < -0.4 is 0 Å². The predicted octanol–water partition coefficient (Wildman–Crippen LogP) is 1.60. The van der Waals surface area contributed by atoms with E-state index >= 15 is 0 Å². The number of hydrogen-bond donors (Lipinski definition) is 1. The fourth-order valence-electron chi connectivity index (χ4n) is 2.88. The summed E-state index contributed by atoms with van der Waals surface area (Å²) >= 11 is 0. The third-order valence-electron chi connectivity index (χ3n) is 3.70. The Morgan fingerprint density at radius 1 is 1.29 bits per heavy atom. The minimum atomic E-state index is -1.15. The lowest BCUT2D eigenvalue weighted by molar-refractivity contribution is 0.0635. The molecular weight excluding hydrogens is 222 g/mol. The number of furan rings is 1. The van der Waals surface area contributed by atoms with Gasteiger partial charge in [-0.05, 0) is 37.3 Å². The van der Waals surface area contributed by atoms with Crippen LogP contribution in [0.2, 0.25) is 0 Å². The van der Waals surface area contributed by atoms with E-state index in [0.717, 1.165) is 19.4 Å². The van der Waals surface area contributed by atoms with Crippen LogP contribution in [0.3, 0.4) is 0 Å². The smallest absolute Gasteiger partial charge is 0.371 e. The Bertz CT molecular complexity index is 479. The Balaban J connectivity index is 1.79. The number of amides is 1. The maximum Gasteiger partial charge on any atom is 0.371 e. The third kappa shape index (κ3) is 1.62. The van der Waals surface area contributed by atoms with Crippen molar-refractivity contribution >= 4 is 11.9 Å². The second-order valence-electron chi connectivity index (χ2n) is 4.76. The number of carbonyl (C=O) groups excluding carboxylic acids is 1. The fraction of sp³-hybridized carbons (Fsp3) is 0.500. The molecule has 0 spiro atoms. The second kappa shape index (κ2) is 3.61. The largest absolute Gasteiger partial charge is 0.475 e. The van der Waals surface area contributed by atoms with Crippen LogP contribution in [0.1, 0.15) is 40.4 Å². The van der Waals surface area contributed by atoms with E-state index in [-0.39, 0.29) is 17.4 Å². The molecule has 2 unspecified atom stereocenters. The molecule has 0 aromatic carbocycles. The van der Waals surface area contributed by atoms with Gasteiger partial charge in [-0.25, -0.2) is 4.79 Å². The quantitative estimate of drug-likeness (QED) is 0.845. The summed E-state index contributed by atoms with van der Waals surface area (Å²) in [7, 11) is 0. The lowest BCUT2D eigenvalue weighted by atomic mass is 10.1. The molecule has 2 bridgehead atoms. The summed E-state index contributed by atoms with van der Waals surface area (Å²) in [4.78, 5) is 24.6. The predicted molar refractivity (Wildman–Crippen MR) is 57.8 cm³/mol. The van der Waals surface area contributed by atoms with Gasteiger partial charge < -0.3 is 14.4 Å². The van der Waals surface area contributed by atoms with E-state index in [0.29, 0.717) is 12.0 Å². The SMILES string of the molecule is O=C(O)c1ccc(C(=O)N2CC3CCC2C3)o1. The summed E-state index contributed by atoms with van der Waals surface area (Å²) in [5, 5.41) is 8.73. The molecule has 1 saturated carbocycles. The Labute approximate surface area is 98.0 Å². The number of likely N-dealkylation sites (tertiary alicyclic amines) is 1. The minimum Gasteiger partial charge on any atom is -0.475 e. The summed E-state index contributed by atoms with van der Waals surface area (Å²) in [5.74, 6) is -0.748. The van der Waals surface area contributed by atoms with Gasteiger partial charge in [0.1, 0.15) is 0 Å². The Hall–Kier alpha value is -1.78. The first-order valence-corrected chi connectivity index (χ1v) is 5.79. The highest BCUT2D eigenvalue weighted by Crippen LogP contribution is 2.38. The zero-order valence-corrected chi connectivity index (χ0v) is 9.26. The van der Waals surface area contributed by atoms with Crippen LogP contribution in [-0.4, -0.2) is 34.5 Å². The lowest BCUT2D eigenvalue weighted by Gasteiger charge is -2.25. The van der Waals surface area contributed by atoms with Crippen LogP contribution in [0.4, 0.5) is 0 Å². The minimum absolute atomic E-state index is 0.134. The highest BCUT2D eigenvalue weighted by Gasteiger charge is 2.41. The van der Waals surface area contributed by atoms with Gasteiger partial charge >= 0.3 is 5.97 Å². The van der Waals surface area contributed by atoms with Crippen LogP contribution in [0.5, 0.6) is 0 Å². The average molecular weight is 235 g/mol. The van der Waals surface area contributed by atoms with Gasteiger partial charge in [0.15, 0.2) is 5.76 Å². The van der Waals surface area contributed by atoms with Crippen LogP contribution >= 0.6 is 0 Å². The van der Waals surface area contributed by atoms with E-state index in [1.165, 1.54) is 18.6 Å². The highest BCUT2D eigenvalue weighted by atomic mass is 16.4. The molecule has 1 saturated heterocycles. The molecule has 17 heavy (non-hydrogen) atoms. The topological polar surface area (TPSA) is 70.8 Å². The van der Waals surface area contributed by atoms with Gasteiger partial charge in [-0.15, -0.1) is 0 Å². The number of carbonyl (C=O) groups is 2. The molecule has 1 aliphatic carbocycles. The molecule has 5 heteroatoms. The molecule has 1 aromatic heterocycles. The number of carboxylic acid groups (broad SMARTS) is 1. The summed E-state index contributed by atoms with van der Waals surface area (Å²) in [5.41, 5.74) is 0. The molecule has 2 atom stereocenters. The molecule has 1 N–H and O–H groups in total. The zero-order valence-electron chi connectivity index (χ0n) is 9.26. The monoisotopic (exact) mass is 235 g/mol. The van der Waals surface area contributed by atoms with Crippen molar-refractivity contribution in [2.75, 3.05) is 6.54 Å². The number of fused-ring (bicyclic) bond motifs is 2. The molecule has 90 valence electrons. The molecule has 1 amide bonds. The van der Waals surface area contributed by atoms with Crippen molar-refractivity contribution in [2.24, 2.45) is 5.92 Å². The summed E-state index contributed by atoms with van der Waals surface area (Å²) in [6, 6.07) is 3.09. The van der Waals surface area contributed by atoms with E-state index in [2.05, 4.69) is 0 Å². The van der Waals surface area contributed by atoms with E-state index in [4.69, 9.17) is 9.52 Å². The van der Waals surface area contributed by atoms with Crippen LogP contribution in [0.25, 0.3) is 0 Å². The van der Waals surface area contributed by atoms with Gasteiger partial charge in [-0.3, -0.25) is 4.79 Å². The standard InChI is InChI=1S/C12H13NO4/c14-11(9-3-4-10(17-9)12(15)16)13-6-7-1-2-8(13)5-7/h3-4,7-8H,1-2,5-6H2,(H,15,16). The molecule has 2 aliphatic rings. The first kappa shape index (κ1) is 10.4. The maximum atomic E-state index is 12.1. The Morgan fingerprint density at radius 3 is 2.59 bits per heavy atom. The third-order valence-corrected chi connectivity index (χ3v) is 3.70. The highest BCUT2D eigenvalue weighted by molar-refractivity contribution is 5.94. The van der Waals surface area contributed by atoms with Gasteiger partial charge in [-0.1, -0.05) is 0 Å². The van der Waals surface area contributed by atoms with Crippen molar-refractivity contribution in [1.29, 1.82) is 0 Å². The number of rotatable bonds is 2. The number of hydrogen-bond acceptors (Lipinski definition) is 3. The first-order valence-electron chi connectivity index (χ1n) is 5.79. The van der Waals surface area contributed by atoms with Gasteiger partial charge in [0, 0.05) is 12.6 Å². The van der Waals surface area contributed by atoms with Gasteiger partial charge in [-0.2, -0.15) is 0 Å². The molecule has 0 radical (unpaired) electrons. The molecule has 2 fully saturated rings. The Morgan fingerprint density at radius 2 is 2.06 bits per heavy atom. The second-order valence-corrected chi connectivity index (χ2v) is 4.76. The van der Waals surface area contributed by atoms with Gasteiger partial charge in [0.05, 0.1) is 0 Å². The van der Waals surface area contributed by atoms with Crippen molar-refractivity contribution in [2.45, 2.75) is 25.3 Å². The van der Waals surface area contributed by atoms with E-state index in [1.807, 2.05) is 4.90 Å². The van der Waals surface area contributed by atoms with E-state index in [1.54, 1.807) is 0 Å². The average Bonchev–Trinajstić information content (AvgIpc) is 3.03. The summed E-state index contributed by atoms with van der Waals surface area (Å²) in [6.07, 6.45) is 3.34. The van der Waals surface area contributed by atoms with Crippen LogP contribution in [0.15, 0.2) is 16.5 Å². The summed E-state index contributed by atoms with van der Waals surface area (Å²) < 4.78 is 5.04. The molecule has 1 aliphatic heterocycles. The number of piperidine rings is 1. The van der Waals surface area contributed by atoms with Crippen molar-refractivity contribution in [3.63, 3.8) is 0 Å². The van der Waals surface area contributed by atoms with Crippen LogP contribution in [0, 0.1) is 5.92 Å². The van der Waals surface area contributed by atoms with Gasteiger partial charge in [0.2, 0.25) is 5.76 Å². The molecular formula is C12H13NO4. The zero-order chi connectivity index (χ0) is 12.0. The maximum absolute atomic E-state index is 12.1. The number of nitrogens with zero attached hydrogens (tertiary/aromatic N) is 1. The molecule has 5 nitrogen and oxygen atoms in total. The number of carboxylic acids is 1. The van der Waals surface area contributed by atoms with Crippen molar-refractivity contribution in [1.82, 2.24) is 4.90 Å². The molecule has 3 rings (SSSR count). The Kier molecular flexibility index (Phi) is 2.21. The van der Waals surface area contributed by atoms with Crippen molar-refractivity contribution < 1.29 is 19.1 Å². The molecule has 1 aromatic rings. The molecule has 2 heterocycles. The van der Waals surface area contributed by atoms with E-state index < -0.39 is 5.97 Å². The number of aromatic carboxylic acids is 1. The summed E-state index contributed by atoms with van der Waals surface area (Å²) in [6.45, 7) is 0.784. The van der Waals surface area contributed by atoms with Crippen molar-refractivity contribution in [3.05, 3.63) is 23.7 Å².